The lowest BCUT2D eigenvalue weighted by Gasteiger charge is -2.09. The molecule has 0 saturated heterocycles. The van der Waals surface area contributed by atoms with Crippen molar-refractivity contribution >= 4 is 17.4 Å². The zero-order valence-corrected chi connectivity index (χ0v) is 20.1. The van der Waals surface area contributed by atoms with Gasteiger partial charge in [0.2, 0.25) is 11.6 Å². The van der Waals surface area contributed by atoms with Crippen molar-refractivity contribution in [1.29, 1.82) is 0 Å². The van der Waals surface area contributed by atoms with Gasteiger partial charge < -0.3 is 15.2 Å². The van der Waals surface area contributed by atoms with Crippen molar-refractivity contribution in [2.45, 2.75) is 26.7 Å². The fourth-order valence-corrected chi connectivity index (χ4v) is 3.47. The van der Waals surface area contributed by atoms with Crippen LogP contribution in [0.3, 0.4) is 0 Å². The van der Waals surface area contributed by atoms with Gasteiger partial charge >= 0.3 is 0 Å². The van der Waals surface area contributed by atoms with Crippen LogP contribution in [-0.2, 0) is 6.42 Å². The van der Waals surface area contributed by atoms with Crippen molar-refractivity contribution in [2.24, 2.45) is 5.10 Å². The number of hydrogen-bond acceptors (Lipinski definition) is 10. The van der Waals surface area contributed by atoms with Gasteiger partial charge in [-0.05, 0) is 59.6 Å². The Hall–Kier alpha value is -4.74. The van der Waals surface area contributed by atoms with E-state index < -0.39 is 5.91 Å². The Labute approximate surface area is 207 Å². The minimum Gasteiger partial charge on any atom is -0.496 e. The van der Waals surface area contributed by atoms with Gasteiger partial charge in [-0.3, -0.25) is 4.79 Å². The van der Waals surface area contributed by atoms with Gasteiger partial charge in [-0.2, -0.15) is 9.78 Å². The lowest BCUT2D eigenvalue weighted by Crippen LogP contribution is -2.21. The van der Waals surface area contributed by atoms with Crippen molar-refractivity contribution in [3.63, 3.8) is 0 Å². The summed E-state index contributed by atoms with van der Waals surface area (Å²) in [4.78, 5) is 13.1. The first-order valence-corrected chi connectivity index (χ1v) is 11.2. The fraction of sp³-hybridized carbons (Fsp3) is 0.250. The minimum absolute atomic E-state index is 0.00156. The van der Waals surface area contributed by atoms with Crippen LogP contribution in [0.25, 0.3) is 17.1 Å². The number of anilines is 1. The number of nitrogens with one attached hydrogen (secondary N) is 1. The Kier molecular flexibility index (Phi) is 7.54. The Bertz CT molecular complexity index is 1360. The van der Waals surface area contributed by atoms with Gasteiger partial charge in [0.05, 0.1) is 13.7 Å². The smallest absolute Gasteiger partial charge is 0.294 e. The minimum atomic E-state index is -0.558. The summed E-state index contributed by atoms with van der Waals surface area (Å²) in [5.41, 5.74) is 11.0. The van der Waals surface area contributed by atoms with Crippen LogP contribution in [0.4, 0.5) is 5.82 Å². The van der Waals surface area contributed by atoms with Crippen molar-refractivity contribution < 1.29 is 18.9 Å². The van der Waals surface area contributed by atoms with E-state index in [9.17, 15) is 4.79 Å². The number of benzene rings is 2. The highest BCUT2D eigenvalue weighted by molar-refractivity contribution is 5.99. The third kappa shape index (κ3) is 5.32. The molecule has 2 aromatic carbocycles. The van der Waals surface area contributed by atoms with Crippen LogP contribution in [0.1, 0.15) is 36.3 Å². The van der Waals surface area contributed by atoms with E-state index in [-0.39, 0.29) is 17.3 Å². The second kappa shape index (κ2) is 11.1. The first-order valence-electron chi connectivity index (χ1n) is 11.2. The summed E-state index contributed by atoms with van der Waals surface area (Å²) in [6.07, 6.45) is 1.38. The van der Waals surface area contributed by atoms with Gasteiger partial charge in [-0.15, -0.1) is 5.10 Å². The van der Waals surface area contributed by atoms with Gasteiger partial charge in [0, 0.05) is 17.7 Å². The summed E-state index contributed by atoms with van der Waals surface area (Å²) < 4.78 is 17.0. The molecule has 4 rings (SSSR count). The van der Waals surface area contributed by atoms with Crippen molar-refractivity contribution in [2.75, 3.05) is 19.5 Å². The lowest BCUT2D eigenvalue weighted by atomic mass is 10.1. The molecule has 0 bridgehead atoms. The molecular weight excluding hydrogens is 464 g/mol. The monoisotopic (exact) mass is 490 g/mol. The second-order valence-corrected chi connectivity index (χ2v) is 7.82. The molecule has 1 amide bonds. The second-order valence-electron chi connectivity index (χ2n) is 7.82. The maximum Gasteiger partial charge on any atom is 0.294 e. The average molecular weight is 491 g/mol. The molecule has 0 aliphatic carbocycles. The molecule has 12 nitrogen and oxygen atoms in total. The highest BCUT2D eigenvalue weighted by Crippen LogP contribution is 2.28. The van der Waals surface area contributed by atoms with Crippen LogP contribution in [0.2, 0.25) is 0 Å². The molecule has 2 heterocycles. The maximum atomic E-state index is 13.1. The summed E-state index contributed by atoms with van der Waals surface area (Å²) in [6, 6.07) is 14.8. The maximum absolute atomic E-state index is 13.1. The van der Waals surface area contributed by atoms with E-state index in [1.165, 1.54) is 4.68 Å². The third-order valence-corrected chi connectivity index (χ3v) is 5.17. The quantitative estimate of drug-likeness (QED) is 0.252. The summed E-state index contributed by atoms with van der Waals surface area (Å²) in [5.74, 6) is 0.996. The molecule has 4 aromatic rings. The van der Waals surface area contributed by atoms with Crippen LogP contribution in [0.15, 0.2) is 58.3 Å². The number of aromatic nitrogens is 5. The van der Waals surface area contributed by atoms with E-state index in [0.717, 1.165) is 17.7 Å². The van der Waals surface area contributed by atoms with Crippen LogP contribution in [0.5, 0.6) is 11.5 Å². The fourth-order valence-electron chi connectivity index (χ4n) is 3.47. The molecule has 0 spiro atoms. The van der Waals surface area contributed by atoms with Crippen molar-refractivity contribution in [3.8, 4) is 28.6 Å². The van der Waals surface area contributed by atoms with E-state index in [0.29, 0.717) is 35.7 Å². The molecule has 0 atom stereocenters. The number of hydrogen-bond donors (Lipinski definition) is 2. The molecule has 186 valence electrons. The summed E-state index contributed by atoms with van der Waals surface area (Å²) in [6.45, 7) is 4.43. The molecule has 36 heavy (non-hydrogen) atoms. The van der Waals surface area contributed by atoms with E-state index in [2.05, 4.69) is 31.2 Å². The Morgan fingerprint density at radius 3 is 2.64 bits per heavy atom. The zero-order valence-electron chi connectivity index (χ0n) is 20.1. The Morgan fingerprint density at radius 1 is 1.17 bits per heavy atom. The number of carbonyl (C=O) groups excluding carboxylic acids is 1. The number of nitrogens with zero attached hydrogens (tertiary/aromatic N) is 6. The highest BCUT2D eigenvalue weighted by atomic mass is 16.6. The van der Waals surface area contributed by atoms with Gasteiger partial charge in [0.15, 0.2) is 5.69 Å². The summed E-state index contributed by atoms with van der Waals surface area (Å²) in [7, 11) is 1.61. The van der Waals surface area contributed by atoms with E-state index in [4.69, 9.17) is 19.8 Å². The summed E-state index contributed by atoms with van der Waals surface area (Å²) in [5, 5.41) is 19.8. The zero-order chi connectivity index (χ0) is 25.5. The SMILES string of the molecule is CCCOc1ccc(-c2c(C(=O)NN=C(C)Cc3ccccc3OC)nnn2-c2nonc2N)cc1. The van der Waals surface area contributed by atoms with E-state index in [1.807, 2.05) is 31.2 Å². The number of nitrogens with two attached hydrogens (primary N) is 1. The number of amides is 1. The largest absolute Gasteiger partial charge is 0.496 e. The molecular formula is C24H26N8O4. The van der Waals surface area contributed by atoms with Crippen LogP contribution < -0.4 is 20.6 Å². The number of hydrazone groups is 1. The van der Waals surface area contributed by atoms with Crippen molar-refractivity contribution in [3.05, 3.63) is 59.8 Å². The van der Waals surface area contributed by atoms with Gasteiger partial charge in [0.25, 0.3) is 5.91 Å². The molecule has 0 fully saturated rings. The molecule has 0 unspecified atom stereocenters. The van der Waals surface area contributed by atoms with Crippen LogP contribution in [0, 0.1) is 0 Å². The van der Waals surface area contributed by atoms with Gasteiger partial charge in [0.1, 0.15) is 17.2 Å². The predicted octanol–water partition coefficient (Wildman–Crippen LogP) is 3.05. The normalized spacial score (nSPS) is 11.4. The molecule has 0 radical (unpaired) electrons. The molecule has 0 aliphatic rings. The highest BCUT2D eigenvalue weighted by Gasteiger charge is 2.25. The number of rotatable bonds is 10. The Balaban J connectivity index is 1.62. The number of methoxy groups -OCH3 is 1. The molecule has 0 aliphatic heterocycles. The molecule has 3 N–H and O–H groups in total. The summed E-state index contributed by atoms with van der Waals surface area (Å²) >= 11 is 0. The number of nitrogen functional groups attached to an aromatic ring is 1. The number of carbonyl (C=O) groups is 1. The topological polar surface area (TPSA) is 156 Å². The van der Waals surface area contributed by atoms with E-state index >= 15 is 0 Å². The van der Waals surface area contributed by atoms with Crippen LogP contribution >= 0.6 is 0 Å². The van der Waals surface area contributed by atoms with Crippen molar-refractivity contribution in [1.82, 2.24) is 30.7 Å². The number of ether oxygens (including phenoxy) is 2. The predicted molar refractivity (Wildman–Crippen MR) is 132 cm³/mol. The average Bonchev–Trinajstić information content (AvgIpc) is 3.52. The first-order chi connectivity index (χ1) is 17.5. The number of para-hydroxylation sites is 1. The Morgan fingerprint density at radius 2 is 1.94 bits per heavy atom. The first kappa shape index (κ1) is 24.4. The molecule has 0 saturated carbocycles. The van der Waals surface area contributed by atoms with E-state index in [1.54, 1.807) is 38.3 Å². The standard InChI is InChI=1S/C24H26N8O4/c1-4-13-35-18-11-9-16(10-12-18)21-20(27-31-32(21)23-22(25)29-36-30-23)24(33)28-26-15(2)14-17-7-5-6-8-19(17)34-3/h5-12H,4,13-14H2,1-3H3,(H2,25,29)(H,28,33). The van der Waals surface area contributed by atoms with Gasteiger partial charge in [-0.1, -0.05) is 30.3 Å². The lowest BCUT2D eigenvalue weighted by molar-refractivity contribution is 0.0950. The van der Waals surface area contributed by atoms with Gasteiger partial charge in [-0.25, -0.2) is 10.1 Å². The molecule has 12 heteroatoms. The van der Waals surface area contributed by atoms with Crippen LogP contribution in [-0.4, -0.2) is 50.6 Å². The third-order valence-electron chi connectivity index (χ3n) is 5.17. The molecule has 2 aromatic heterocycles.